The molecule has 3 heteroatoms. The first-order valence-corrected chi connectivity index (χ1v) is 13.4. The van der Waals surface area contributed by atoms with Crippen molar-refractivity contribution in [2.24, 2.45) is 20.8 Å². The van der Waals surface area contributed by atoms with Crippen LogP contribution in [0.2, 0.25) is 0 Å². The highest BCUT2D eigenvalue weighted by atomic mass is 15.1. The molecule has 4 aromatic carbocycles. The first-order chi connectivity index (χ1) is 18.1. The van der Waals surface area contributed by atoms with Crippen LogP contribution in [0.3, 0.4) is 0 Å². The lowest BCUT2D eigenvalue weighted by molar-refractivity contribution is 0.299. The van der Waals surface area contributed by atoms with Crippen LogP contribution in [0.4, 0.5) is 22.7 Å². The molecule has 192 valence electrons. The van der Waals surface area contributed by atoms with Gasteiger partial charge in [0.25, 0.3) is 0 Å². The summed E-state index contributed by atoms with van der Waals surface area (Å²) in [6, 6.07) is 34.2. The largest absolute Gasteiger partial charge is 0.311 e. The van der Waals surface area contributed by atoms with E-state index in [4.69, 9.17) is 9.98 Å². The quantitative estimate of drug-likeness (QED) is 0.269. The number of para-hydroxylation sites is 2. The third kappa shape index (κ3) is 4.47. The fourth-order valence-electron chi connectivity index (χ4n) is 5.38. The summed E-state index contributed by atoms with van der Waals surface area (Å²) in [5.74, 6) is 0.895. The highest BCUT2D eigenvalue weighted by Gasteiger charge is 2.50. The van der Waals surface area contributed by atoms with Crippen LogP contribution >= 0.6 is 0 Å². The molecule has 0 bridgehead atoms. The summed E-state index contributed by atoms with van der Waals surface area (Å²) < 4.78 is 0. The zero-order valence-corrected chi connectivity index (χ0v) is 23.6. The Morgan fingerprint density at radius 1 is 0.605 bits per heavy atom. The second kappa shape index (κ2) is 9.72. The summed E-state index contributed by atoms with van der Waals surface area (Å²) in [5.41, 5.74) is 9.88. The number of hydrogen-bond acceptors (Lipinski definition) is 2. The fourth-order valence-corrected chi connectivity index (χ4v) is 5.38. The van der Waals surface area contributed by atoms with Gasteiger partial charge in [0.1, 0.15) is 5.84 Å². The Bertz CT molecular complexity index is 1450. The van der Waals surface area contributed by atoms with Crippen LogP contribution in [-0.2, 0) is 0 Å². The van der Waals surface area contributed by atoms with Crippen LogP contribution in [0, 0.1) is 31.6 Å². The highest BCUT2D eigenvalue weighted by Crippen LogP contribution is 2.49. The molecule has 0 aromatic heterocycles. The van der Waals surface area contributed by atoms with Crippen molar-refractivity contribution in [1.82, 2.24) is 0 Å². The average Bonchev–Trinajstić information content (AvgIpc) is 3.07. The van der Waals surface area contributed by atoms with Crippen molar-refractivity contribution in [2.75, 3.05) is 4.90 Å². The van der Waals surface area contributed by atoms with Gasteiger partial charge in [-0.15, -0.1) is 0 Å². The maximum atomic E-state index is 5.21. The van der Waals surface area contributed by atoms with Crippen LogP contribution in [-0.4, -0.2) is 11.5 Å². The van der Waals surface area contributed by atoms with Crippen LogP contribution in [0.5, 0.6) is 0 Å². The SMILES string of the molecule is Cc1cc(C)c(N=C2N=C(c3ccc(N(c4ccccc4)c4ccccc4)cc3)C(C)(C)C2(C)C)c(C)c1. The van der Waals surface area contributed by atoms with Gasteiger partial charge in [-0.05, 0) is 73.9 Å². The van der Waals surface area contributed by atoms with Gasteiger partial charge in [-0.2, -0.15) is 0 Å². The Morgan fingerprint density at radius 2 is 1.08 bits per heavy atom. The molecular weight excluding hydrogens is 462 g/mol. The lowest BCUT2D eigenvalue weighted by Gasteiger charge is -2.35. The van der Waals surface area contributed by atoms with E-state index in [-0.39, 0.29) is 10.8 Å². The Hall–Kier alpha value is -3.98. The van der Waals surface area contributed by atoms with Gasteiger partial charge in [0.2, 0.25) is 0 Å². The third-order valence-electron chi connectivity index (χ3n) is 8.21. The Morgan fingerprint density at radius 3 is 1.58 bits per heavy atom. The van der Waals surface area contributed by atoms with Crippen molar-refractivity contribution < 1.29 is 0 Å². The maximum Gasteiger partial charge on any atom is 0.135 e. The second-order valence-corrected chi connectivity index (χ2v) is 11.4. The minimum Gasteiger partial charge on any atom is -0.311 e. The smallest absolute Gasteiger partial charge is 0.135 e. The van der Waals surface area contributed by atoms with E-state index in [1.165, 1.54) is 16.7 Å². The van der Waals surface area contributed by atoms with E-state index in [2.05, 4.69) is 150 Å². The molecule has 5 rings (SSSR count). The zero-order chi connectivity index (χ0) is 27.1. The van der Waals surface area contributed by atoms with E-state index in [9.17, 15) is 0 Å². The summed E-state index contributed by atoms with van der Waals surface area (Å²) in [7, 11) is 0. The maximum absolute atomic E-state index is 5.21. The summed E-state index contributed by atoms with van der Waals surface area (Å²) in [5, 5.41) is 0. The van der Waals surface area contributed by atoms with E-state index >= 15 is 0 Å². The second-order valence-electron chi connectivity index (χ2n) is 11.4. The summed E-state index contributed by atoms with van der Waals surface area (Å²) in [4.78, 5) is 12.7. The van der Waals surface area contributed by atoms with Crippen molar-refractivity contribution in [2.45, 2.75) is 48.5 Å². The number of rotatable bonds is 5. The van der Waals surface area contributed by atoms with E-state index in [1.807, 2.05) is 0 Å². The number of nitrogens with zero attached hydrogens (tertiary/aromatic N) is 3. The lowest BCUT2D eigenvalue weighted by Crippen LogP contribution is -2.38. The molecule has 0 amide bonds. The van der Waals surface area contributed by atoms with E-state index in [1.54, 1.807) is 0 Å². The summed E-state index contributed by atoms with van der Waals surface area (Å²) in [6.45, 7) is 15.5. The summed E-state index contributed by atoms with van der Waals surface area (Å²) >= 11 is 0. The van der Waals surface area contributed by atoms with Crippen molar-refractivity contribution in [3.05, 3.63) is 119 Å². The van der Waals surface area contributed by atoms with Crippen molar-refractivity contribution in [3.63, 3.8) is 0 Å². The Balaban J connectivity index is 1.56. The van der Waals surface area contributed by atoms with Gasteiger partial charge < -0.3 is 4.90 Å². The number of hydrogen-bond donors (Lipinski definition) is 0. The molecule has 4 aromatic rings. The molecule has 0 atom stereocenters. The minimum absolute atomic E-state index is 0.182. The van der Waals surface area contributed by atoms with Gasteiger partial charge in [0, 0.05) is 27.9 Å². The fraction of sp³-hybridized carbons (Fsp3) is 0.257. The number of anilines is 3. The zero-order valence-electron chi connectivity index (χ0n) is 23.6. The Labute approximate surface area is 227 Å². The van der Waals surface area contributed by atoms with Crippen LogP contribution < -0.4 is 4.90 Å². The molecule has 0 fully saturated rings. The van der Waals surface area contributed by atoms with Gasteiger partial charge in [0.15, 0.2) is 0 Å². The van der Waals surface area contributed by atoms with Gasteiger partial charge in [-0.25, -0.2) is 9.98 Å². The van der Waals surface area contributed by atoms with Crippen molar-refractivity contribution >= 4 is 34.3 Å². The molecule has 0 N–H and O–H groups in total. The third-order valence-corrected chi connectivity index (χ3v) is 8.21. The highest BCUT2D eigenvalue weighted by molar-refractivity contribution is 6.19. The van der Waals surface area contributed by atoms with E-state index in [0.717, 1.165) is 39.9 Å². The molecule has 1 aliphatic heterocycles. The molecule has 0 radical (unpaired) electrons. The van der Waals surface area contributed by atoms with Crippen LogP contribution in [0.25, 0.3) is 0 Å². The van der Waals surface area contributed by atoms with Gasteiger partial charge in [-0.1, -0.05) is 93.9 Å². The standard InChI is InChI=1S/C35H37N3/c1-24-22-25(2)31(26(3)23-24)36-33-35(6,7)34(4,5)32(37-33)27-18-20-30(21-19-27)38(28-14-10-8-11-15-28)29-16-12-9-13-17-29/h8-23H,1-7H3. The van der Waals surface area contributed by atoms with E-state index < -0.39 is 0 Å². The number of amidine groups is 1. The molecule has 38 heavy (non-hydrogen) atoms. The number of aryl methyl sites for hydroxylation is 3. The van der Waals surface area contributed by atoms with Crippen LogP contribution in [0.1, 0.15) is 49.9 Å². The molecule has 0 saturated heterocycles. The molecule has 0 unspecified atom stereocenters. The van der Waals surface area contributed by atoms with E-state index in [0.29, 0.717) is 0 Å². The molecular formula is C35H37N3. The molecule has 0 saturated carbocycles. The van der Waals surface area contributed by atoms with Gasteiger partial charge in [-0.3, -0.25) is 0 Å². The van der Waals surface area contributed by atoms with Gasteiger partial charge >= 0.3 is 0 Å². The lowest BCUT2D eigenvalue weighted by atomic mass is 9.65. The molecule has 0 aliphatic carbocycles. The predicted octanol–water partition coefficient (Wildman–Crippen LogP) is 9.67. The molecule has 3 nitrogen and oxygen atoms in total. The number of benzene rings is 4. The summed E-state index contributed by atoms with van der Waals surface area (Å²) in [6.07, 6.45) is 0. The Kier molecular flexibility index (Phi) is 6.56. The first-order valence-electron chi connectivity index (χ1n) is 13.4. The normalized spacial score (nSPS) is 16.9. The molecule has 0 spiro atoms. The van der Waals surface area contributed by atoms with Gasteiger partial charge in [0.05, 0.1) is 11.4 Å². The molecule has 1 heterocycles. The van der Waals surface area contributed by atoms with Crippen LogP contribution in [0.15, 0.2) is 107 Å². The first kappa shape index (κ1) is 25.7. The monoisotopic (exact) mass is 499 g/mol. The van der Waals surface area contributed by atoms with Crippen molar-refractivity contribution in [3.8, 4) is 0 Å². The minimum atomic E-state index is -0.217. The average molecular weight is 500 g/mol. The molecule has 1 aliphatic rings. The predicted molar refractivity (Wildman–Crippen MR) is 163 cm³/mol. The topological polar surface area (TPSA) is 28.0 Å². The number of aliphatic imine (C=N–C) groups is 2. The van der Waals surface area contributed by atoms with Crippen molar-refractivity contribution in [1.29, 1.82) is 0 Å².